The van der Waals surface area contributed by atoms with Crippen molar-refractivity contribution in [3.05, 3.63) is 36.0 Å². The van der Waals surface area contributed by atoms with Crippen LogP contribution in [0.5, 0.6) is 0 Å². The van der Waals surface area contributed by atoms with Gasteiger partial charge in [-0.05, 0) is 12.5 Å². The summed E-state index contributed by atoms with van der Waals surface area (Å²) in [6.45, 7) is 2.65. The Bertz CT molecular complexity index is 629. The molecule has 108 valence electrons. The zero-order valence-corrected chi connectivity index (χ0v) is 11.0. The summed E-state index contributed by atoms with van der Waals surface area (Å²) in [5.41, 5.74) is -0.642. The first-order valence-corrected chi connectivity index (χ1v) is 6.36. The minimum Gasteiger partial charge on any atom is -0.410 e. The molecule has 1 N–H and O–H groups in total. The maximum absolute atomic E-state index is 12.9. The van der Waals surface area contributed by atoms with E-state index in [9.17, 15) is 13.2 Å². The number of fused-ring (bicyclic) bond motifs is 1. The van der Waals surface area contributed by atoms with Gasteiger partial charge in [-0.2, -0.15) is 13.2 Å². The third-order valence-electron chi connectivity index (χ3n) is 3.16. The van der Waals surface area contributed by atoms with Crippen LogP contribution in [-0.2, 0) is 6.54 Å². The van der Waals surface area contributed by atoms with E-state index in [-0.39, 0.29) is 5.56 Å². The van der Waals surface area contributed by atoms with Gasteiger partial charge < -0.3 is 9.77 Å². The summed E-state index contributed by atoms with van der Waals surface area (Å²) in [5, 5.41) is 11.6. The van der Waals surface area contributed by atoms with Gasteiger partial charge in [-0.15, -0.1) is 0 Å². The van der Waals surface area contributed by atoms with Gasteiger partial charge in [0.2, 0.25) is 0 Å². The summed E-state index contributed by atoms with van der Waals surface area (Å²) in [6, 6.07) is 6.81. The molecule has 1 aromatic carbocycles. The molecule has 0 saturated heterocycles. The normalized spacial score (nSPS) is 13.1. The van der Waals surface area contributed by atoms with E-state index < -0.39 is 11.9 Å². The van der Waals surface area contributed by atoms with Crippen LogP contribution in [-0.4, -0.2) is 21.7 Å². The predicted octanol–water partition coefficient (Wildman–Crippen LogP) is 4.18. The number of hydrogen-bond acceptors (Lipinski definition) is 2. The van der Waals surface area contributed by atoms with Crippen LogP contribution >= 0.6 is 0 Å². The number of nitrogens with zero attached hydrogens (tertiary/aromatic N) is 2. The first kappa shape index (κ1) is 14.4. The Morgan fingerprint density at radius 2 is 2.00 bits per heavy atom. The Labute approximate surface area is 114 Å². The van der Waals surface area contributed by atoms with E-state index in [0.29, 0.717) is 17.4 Å². The van der Waals surface area contributed by atoms with Crippen LogP contribution in [0.4, 0.5) is 13.2 Å². The van der Waals surface area contributed by atoms with E-state index in [2.05, 4.69) is 5.16 Å². The first-order chi connectivity index (χ1) is 9.49. The zero-order chi connectivity index (χ0) is 14.8. The van der Waals surface area contributed by atoms with E-state index in [1.165, 1.54) is 6.20 Å². The van der Waals surface area contributed by atoms with Crippen LogP contribution in [0.25, 0.3) is 10.9 Å². The van der Waals surface area contributed by atoms with Crippen molar-refractivity contribution in [2.75, 3.05) is 0 Å². The molecule has 1 heterocycles. The van der Waals surface area contributed by atoms with E-state index in [1.807, 2.05) is 6.92 Å². The average molecular weight is 284 g/mol. The second-order valence-corrected chi connectivity index (χ2v) is 4.55. The highest BCUT2D eigenvalue weighted by atomic mass is 19.4. The Kier molecular flexibility index (Phi) is 4.01. The maximum atomic E-state index is 12.9. The molecule has 6 heteroatoms. The van der Waals surface area contributed by atoms with Crippen LogP contribution in [0.1, 0.15) is 25.3 Å². The number of alkyl halides is 3. The summed E-state index contributed by atoms with van der Waals surface area (Å²) in [6.07, 6.45) is -1.46. The SMILES string of the molecule is CCCCn1cc(/C(=N\O)C(F)(F)F)c2ccccc21. The average Bonchev–Trinajstić information content (AvgIpc) is 2.75. The van der Waals surface area contributed by atoms with Crippen molar-refractivity contribution in [3.63, 3.8) is 0 Å². The summed E-state index contributed by atoms with van der Waals surface area (Å²) < 4.78 is 40.5. The number of oxime groups is 1. The molecule has 3 nitrogen and oxygen atoms in total. The van der Waals surface area contributed by atoms with Gasteiger partial charge in [0.05, 0.1) is 0 Å². The van der Waals surface area contributed by atoms with Crippen LogP contribution in [0, 0.1) is 0 Å². The Hall–Kier alpha value is -1.98. The molecule has 0 saturated carbocycles. The molecule has 0 unspecified atom stereocenters. The highest BCUT2D eigenvalue weighted by molar-refractivity contribution is 6.13. The summed E-state index contributed by atoms with van der Waals surface area (Å²) in [5.74, 6) is 0. The van der Waals surface area contributed by atoms with E-state index in [1.54, 1.807) is 28.8 Å². The third kappa shape index (κ3) is 2.64. The number of unbranched alkanes of at least 4 members (excludes halogenated alkanes) is 1. The molecule has 2 aromatic rings. The van der Waals surface area contributed by atoms with Gasteiger partial charge in [0, 0.05) is 29.2 Å². The van der Waals surface area contributed by atoms with Gasteiger partial charge in [0.25, 0.3) is 0 Å². The molecule has 0 bridgehead atoms. The largest absolute Gasteiger partial charge is 0.437 e. The molecule has 0 atom stereocenters. The highest BCUT2D eigenvalue weighted by Crippen LogP contribution is 2.29. The monoisotopic (exact) mass is 284 g/mol. The predicted molar refractivity (Wildman–Crippen MR) is 71.2 cm³/mol. The number of aryl methyl sites for hydroxylation is 1. The standard InChI is InChI=1S/C14H15F3N2O/c1-2-3-8-19-9-11(13(18-20)14(15,16)17)10-6-4-5-7-12(10)19/h4-7,9,20H,2-3,8H2,1H3/b18-13+. The van der Waals surface area contributed by atoms with Crippen molar-refractivity contribution in [1.82, 2.24) is 4.57 Å². The lowest BCUT2D eigenvalue weighted by Crippen LogP contribution is -2.23. The van der Waals surface area contributed by atoms with Crippen LogP contribution in [0.15, 0.2) is 35.6 Å². The molecule has 0 aliphatic rings. The van der Waals surface area contributed by atoms with E-state index in [4.69, 9.17) is 5.21 Å². The molecular formula is C14H15F3N2O. The van der Waals surface area contributed by atoms with Gasteiger partial charge in [0.1, 0.15) is 0 Å². The highest BCUT2D eigenvalue weighted by Gasteiger charge is 2.39. The number of benzene rings is 1. The Morgan fingerprint density at radius 3 is 2.60 bits per heavy atom. The summed E-state index contributed by atoms with van der Waals surface area (Å²) >= 11 is 0. The molecule has 0 aliphatic carbocycles. The van der Waals surface area contributed by atoms with Crippen molar-refractivity contribution in [3.8, 4) is 0 Å². The van der Waals surface area contributed by atoms with Crippen molar-refractivity contribution >= 4 is 16.6 Å². The van der Waals surface area contributed by atoms with Crippen molar-refractivity contribution in [2.24, 2.45) is 5.16 Å². The number of para-hydroxylation sites is 1. The Morgan fingerprint density at radius 1 is 1.30 bits per heavy atom. The van der Waals surface area contributed by atoms with Gasteiger partial charge in [-0.1, -0.05) is 36.7 Å². The number of halogens is 3. The van der Waals surface area contributed by atoms with Crippen molar-refractivity contribution < 1.29 is 18.4 Å². The van der Waals surface area contributed by atoms with Crippen LogP contribution in [0.3, 0.4) is 0 Å². The Balaban J connectivity index is 2.59. The molecule has 20 heavy (non-hydrogen) atoms. The molecule has 0 amide bonds. The van der Waals surface area contributed by atoms with Gasteiger partial charge in [0.15, 0.2) is 5.71 Å². The fourth-order valence-electron chi connectivity index (χ4n) is 2.21. The summed E-state index contributed by atoms with van der Waals surface area (Å²) in [7, 11) is 0. The minimum absolute atomic E-state index is 0.0910. The second kappa shape index (κ2) is 5.56. The number of rotatable bonds is 4. The maximum Gasteiger partial charge on any atom is 0.437 e. The fourth-order valence-corrected chi connectivity index (χ4v) is 2.21. The minimum atomic E-state index is -4.69. The molecule has 2 rings (SSSR count). The number of aromatic nitrogens is 1. The van der Waals surface area contributed by atoms with Crippen LogP contribution < -0.4 is 0 Å². The molecule has 0 aliphatic heterocycles. The van der Waals surface area contributed by atoms with Crippen molar-refractivity contribution in [2.45, 2.75) is 32.5 Å². The van der Waals surface area contributed by atoms with Crippen molar-refractivity contribution in [1.29, 1.82) is 0 Å². The summed E-state index contributed by atoms with van der Waals surface area (Å²) in [4.78, 5) is 0. The second-order valence-electron chi connectivity index (χ2n) is 4.55. The molecule has 0 radical (unpaired) electrons. The third-order valence-corrected chi connectivity index (χ3v) is 3.16. The lowest BCUT2D eigenvalue weighted by molar-refractivity contribution is -0.0600. The number of hydrogen-bond donors (Lipinski definition) is 1. The molecule has 0 fully saturated rings. The topological polar surface area (TPSA) is 37.5 Å². The molecular weight excluding hydrogens is 269 g/mol. The fraction of sp³-hybridized carbons (Fsp3) is 0.357. The van der Waals surface area contributed by atoms with Gasteiger partial charge >= 0.3 is 6.18 Å². The van der Waals surface area contributed by atoms with Crippen LogP contribution in [0.2, 0.25) is 0 Å². The lowest BCUT2D eigenvalue weighted by Gasteiger charge is -2.07. The van der Waals surface area contributed by atoms with E-state index >= 15 is 0 Å². The zero-order valence-electron chi connectivity index (χ0n) is 11.0. The van der Waals surface area contributed by atoms with Gasteiger partial charge in [-0.25, -0.2) is 0 Å². The smallest absolute Gasteiger partial charge is 0.410 e. The van der Waals surface area contributed by atoms with E-state index in [0.717, 1.165) is 12.8 Å². The molecule has 0 spiro atoms. The molecule has 1 aromatic heterocycles. The first-order valence-electron chi connectivity index (χ1n) is 6.36. The lowest BCUT2D eigenvalue weighted by atomic mass is 10.1. The quantitative estimate of drug-likeness (QED) is 0.510. The van der Waals surface area contributed by atoms with Gasteiger partial charge in [-0.3, -0.25) is 0 Å².